The quantitative estimate of drug-likeness (QED) is 0.507. The van der Waals surface area contributed by atoms with Crippen LogP contribution in [-0.2, 0) is 11.2 Å². The van der Waals surface area contributed by atoms with Crippen molar-refractivity contribution in [2.75, 3.05) is 39.3 Å². The second kappa shape index (κ2) is 9.79. The molecule has 0 spiro atoms. The lowest BCUT2D eigenvalue weighted by Gasteiger charge is -2.39. The minimum absolute atomic E-state index is 0.0218. The summed E-state index contributed by atoms with van der Waals surface area (Å²) < 4.78 is 0.894. The third-order valence-corrected chi connectivity index (χ3v) is 8.00. The van der Waals surface area contributed by atoms with Crippen LogP contribution < -0.4 is 0 Å². The van der Waals surface area contributed by atoms with E-state index >= 15 is 0 Å². The molecule has 1 atom stereocenters. The van der Waals surface area contributed by atoms with Crippen LogP contribution in [0.3, 0.4) is 0 Å². The van der Waals surface area contributed by atoms with E-state index in [1.807, 2.05) is 51.5 Å². The molecule has 2 aliphatic heterocycles. The highest BCUT2D eigenvalue weighted by atomic mass is 79.9. The van der Waals surface area contributed by atoms with E-state index in [1.54, 1.807) is 0 Å². The first-order chi connectivity index (χ1) is 16.1. The molecule has 1 fully saturated rings. The summed E-state index contributed by atoms with van der Waals surface area (Å²) in [5, 5.41) is 2.16. The van der Waals surface area contributed by atoms with E-state index in [-0.39, 0.29) is 17.9 Å². The third kappa shape index (κ3) is 4.76. The Morgan fingerprint density at radius 1 is 0.909 bits per heavy atom. The molecule has 3 heterocycles. The Bertz CT molecular complexity index is 1140. The number of benzene rings is 2. The van der Waals surface area contributed by atoms with E-state index in [2.05, 4.69) is 56.5 Å². The van der Waals surface area contributed by atoms with Crippen LogP contribution in [0.2, 0.25) is 0 Å². The lowest BCUT2D eigenvalue weighted by Crippen LogP contribution is -2.53. The number of piperazine rings is 1. The van der Waals surface area contributed by atoms with Gasteiger partial charge in [0, 0.05) is 47.6 Å². The number of hydrogen-bond acceptors (Lipinski definition) is 4. The Kier molecular flexibility index (Phi) is 6.62. The summed E-state index contributed by atoms with van der Waals surface area (Å²) in [5.41, 5.74) is 3.23. The third-order valence-electron chi connectivity index (χ3n) is 6.51. The highest BCUT2D eigenvalue weighted by Gasteiger charge is 2.33. The fourth-order valence-corrected chi connectivity index (χ4v) is 6.10. The Morgan fingerprint density at radius 3 is 2.42 bits per heavy atom. The van der Waals surface area contributed by atoms with Crippen molar-refractivity contribution in [3.8, 4) is 0 Å². The van der Waals surface area contributed by atoms with Crippen molar-refractivity contribution in [2.45, 2.75) is 12.5 Å². The molecule has 2 amide bonds. The van der Waals surface area contributed by atoms with Crippen molar-refractivity contribution in [3.05, 3.63) is 92.1 Å². The molecule has 1 aromatic heterocycles. The van der Waals surface area contributed by atoms with Crippen molar-refractivity contribution in [3.63, 3.8) is 0 Å². The highest BCUT2D eigenvalue weighted by Crippen LogP contribution is 2.37. The number of hydrogen-bond donors (Lipinski definition) is 0. The molecule has 5 nitrogen and oxygen atoms in total. The summed E-state index contributed by atoms with van der Waals surface area (Å²) in [7, 11) is 0. The zero-order chi connectivity index (χ0) is 22.8. The Labute approximate surface area is 206 Å². The normalized spacial score (nSPS) is 18.8. The van der Waals surface area contributed by atoms with Crippen molar-refractivity contribution >= 4 is 39.1 Å². The van der Waals surface area contributed by atoms with Gasteiger partial charge in [-0.05, 0) is 47.2 Å². The zero-order valence-electron chi connectivity index (χ0n) is 18.3. The van der Waals surface area contributed by atoms with Crippen LogP contribution in [0, 0.1) is 0 Å². The highest BCUT2D eigenvalue weighted by molar-refractivity contribution is 9.10. The van der Waals surface area contributed by atoms with Crippen LogP contribution in [0.5, 0.6) is 0 Å². The smallest absolute Gasteiger partial charge is 0.254 e. The van der Waals surface area contributed by atoms with Gasteiger partial charge in [-0.1, -0.05) is 52.3 Å². The number of rotatable bonds is 4. The number of amides is 2. The Hall–Kier alpha value is -2.48. The summed E-state index contributed by atoms with van der Waals surface area (Å²) in [6.07, 6.45) is 0.985. The van der Waals surface area contributed by atoms with Gasteiger partial charge in [-0.15, -0.1) is 11.3 Å². The van der Waals surface area contributed by atoms with Gasteiger partial charge >= 0.3 is 0 Å². The summed E-state index contributed by atoms with van der Waals surface area (Å²) in [4.78, 5) is 33.6. The first-order valence-corrected chi connectivity index (χ1v) is 13.0. The predicted molar refractivity (Wildman–Crippen MR) is 135 cm³/mol. The maximum atomic E-state index is 13.3. The van der Waals surface area contributed by atoms with Crippen molar-refractivity contribution in [1.82, 2.24) is 14.7 Å². The molecule has 5 rings (SSSR count). The molecule has 33 heavy (non-hydrogen) atoms. The van der Waals surface area contributed by atoms with Crippen molar-refractivity contribution in [2.24, 2.45) is 0 Å². The number of halogens is 1. The number of carbonyl (C=O) groups excluding carboxylic acids is 2. The average molecular weight is 524 g/mol. The lowest BCUT2D eigenvalue weighted by molar-refractivity contribution is -0.134. The lowest BCUT2D eigenvalue weighted by atomic mass is 9.93. The van der Waals surface area contributed by atoms with Crippen LogP contribution in [0.1, 0.15) is 32.4 Å². The van der Waals surface area contributed by atoms with Gasteiger partial charge in [-0.25, -0.2) is 0 Å². The van der Waals surface area contributed by atoms with Gasteiger partial charge in [0.1, 0.15) is 0 Å². The molecule has 7 heteroatoms. The van der Waals surface area contributed by atoms with Gasteiger partial charge in [-0.3, -0.25) is 14.5 Å². The van der Waals surface area contributed by atoms with Gasteiger partial charge in [0.05, 0.1) is 12.6 Å². The second-order valence-corrected chi connectivity index (χ2v) is 10.4. The van der Waals surface area contributed by atoms with E-state index < -0.39 is 0 Å². The monoisotopic (exact) mass is 523 g/mol. The van der Waals surface area contributed by atoms with Gasteiger partial charge in [0.2, 0.25) is 5.91 Å². The fraction of sp³-hybridized carbons (Fsp3) is 0.308. The van der Waals surface area contributed by atoms with E-state index in [9.17, 15) is 9.59 Å². The largest absolute Gasteiger partial charge is 0.338 e. The maximum absolute atomic E-state index is 13.3. The SMILES string of the molecule is O=C(CN1CCc2sccc2[C@H]1c1ccccc1)N1CCN(C(=O)c2cccc(Br)c2)CC1. The fourth-order valence-electron chi connectivity index (χ4n) is 4.80. The van der Waals surface area contributed by atoms with Gasteiger partial charge < -0.3 is 9.80 Å². The van der Waals surface area contributed by atoms with E-state index in [0.717, 1.165) is 17.4 Å². The number of thiophene rings is 1. The van der Waals surface area contributed by atoms with Crippen LogP contribution >= 0.6 is 27.3 Å². The van der Waals surface area contributed by atoms with Crippen molar-refractivity contribution in [1.29, 1.82) is 0 Å². The van der Waals surface area contributed by atoms with E-state index in [0.29, 0.717) is 38.3 Å². The molecule has 2 aliphatic rings. The van der Waals surface area contributed by atoms with Crippen LogP contribution in [-0.4, -0.2) is 65.8 Å². The summed E-state index contributed by atoms with van der Waals surface area (Å²) in [6.45, 7) is 3.55. The first kappa shape index (κ1) is 22.3. The Morgan fingerprint density at radius 2 is 1.67 bits per heavy atom. The van der Waals surface area contributed by atoms with E-state index in [4.69, 9.17) is 0 Å². The van der Waals surface area contributed by atoms with Crippen LogP contribution in [0.4, 0.5) is 0 Å². The Balaban J connectivity index is 1.24. The molecule has 0 radical (unpaired) electrons. The molecule has 2 aromatic carbocycles. The van der Waals surface area contributed by atoms with Gasteiger partial charge in [0.25, 0.3) is 5.91 Å². The summed E-state index contributed by atoms with van der Waals surface area (Å²) in [6, 6.07) is 20.3. The minimum atomic E-state index is 0.0218. The predicted octanol–water partition coefficient (Wildman–Crippen LogP) is 4.44. The van der Waals surface area contributed by atoms with Crippen molar-refractivity contribution < 1.29 is 9.59 Å². The van der Waals surface area contributed by atoms with Crippen LogP contribution in [0.25, 0.3) is 0 Å². The molecule has 170 valence electrons. The molecular formula is C26H26BrN3O2S. The topological polar surface area (TPSA) is 43.9 Å². The second-order valence-electron chi connectivity index (χ2n) is 8.52. The molecule has 0 aliphatic carbocycles. The number of fused-ring (bicyclic) bond motifs is 1. The first-order valence-electron chi connectivity index (χ1n) is 11.3. The van der Waals surface area contributed by atoms with Gasteiger partial charge in [0.15, 0.2) is 0 Å². The minimum Gasteiger partial charge on any atom is -0.338 e. The molecule has 0 unspecified atom stereocenters. The maximum Gasteiger partial charge on any atom is 0.254 e. The summed E-state index contributed by atoms with van der Waals surface area (Å²) in [5.74, 6) is 0.165. The van der Waals surface area contributed by atoms with Crippen LogP contribution in [0.15, 0.2) is 70.5 Å². The zero-order valence-corrected chi connectivity index (χ0v) is 20.7. The molecule has 0 N–H and O–H groups in total. The molecule has 3 aromatic rings. The van der Waals surface area contributed by atoms with E-state index in [1.165, 1.54) is 16.0 Å². The van der Waals surface area contributed by atoms with Gasteiger partial charge in [-0.2, -0.15) is 0 Å². The molecule has 1 saturated heterocycles. The summed E-state index contributed by atoms with van der Waals surface area (Å²) >= 11 is 5.24. The number of carbonyl (C=O) groups is 2. The number of nitrogens with zero attached hydrogens (tertiary/aromatic N) is 3. The molecule has 0 saturated carbocycles. The molecule has 0 bridgehead atoms. The average Bonchev–Trinajstić information content (AvgIpc) is 3.33. The molecular weight excluding hydrogens is 498 g/mol. The standard InChI is InChI=1S/C26H26BrN3O2S/c27-21-8-4-7-20(17-21)26(32)29-14-12-28(13-15-29)24(31)18-30-11-9-23-22(10-16-33-23)25(30)19-5-2-1-3-6-19/h1-8,10,16-17,25H,9,11-15,18H2/t25-/m1/s1.